The van der Waals surface area contributed by atoms with Gasteiger partial charge in [0.1, 0.15) is 36.6 Å². The van der Waals surface area contributed by atoms with Crippen LogP contribution < -0.4 is 9.47 Å². The number of nitrogens with zero attached hydrogens (tertiary/aromatic N) is 2. The molecule has 0 spiro atoms. The van der Waals surface area contributed by atoms with E-state index < -0.39 is 17.7 Å². The summed E-state index contributed by atoms with van der Waals surface area (Å²) in [6, 6.07) is 11.7. The lowest BCUT2D eigenvalue weighted by Crippen LogP contribution is -2.70. The Hall–Kier alpha value is -3.81. The van der Waals surface area contributed by atoms with Crippen LogP contribution in [0.15, 0.2) is 71.9 Å². The topological polar surface area (TPSA) is 140 Å². The van der Waals surface area contributed by atoms with Crippen LogP contribution in [0, 0.1) is 29.5 Å². The van der Waals surface area contributed by atoms with Gasteiger partial charge >= 0.3 is 0 Å². The van der Waals surface area contributed by atoms with Crippen LogP contribution in [-0.2, 0) is 25.7 Å². The van der Waals surface area contributed by atoms with Crippen molar-refractivity contribution in [1.29, 1.82) is 0 Å². The number of unbranched alkanes of at least 4 members (excludes halogenated alkanes) is 2. The zero-order valence-corrected chi connectivity index (χ0v) is 32.7. The molecule has 2 saturated carbocycles. The Morgan fingerprint density at radius 3 is 2.55 bits per heavy atom. The summed E-state index contributed by atoms with van der Waals surface area (Å²) >= 11 is 0. The Balaban J connectivity index is 1.54. The molecule has 11 nitrogen and oxygen atoms in total. The van der Waals surface area contributed by atoms with Crippen molar-refractivity contribution in [1.82, 2.24) is 4.90 Å². The number of benzene rings is 2. The van der Waals surface area contributed by atoms with Gasteiger partial charge in [-0.1, -0.05) is 48.3 Å². The van der Waals surface area contributed by atoms with E-state index in [1.54, 1.807) is 24.3 Å². The van der Waals surface area contributed by atoms with Crippen molar-refractivity contribution in [3.8, 4) is 11.5 Å². The highest BCUT2D eigenvalue weighted by atomic mass is 19.1. The Kier molecular flexibility index (Phi) is 15.0. The summed E-state index contributed by atoms with van der Waals surface area (Å²) in [6.07, 6.45) is 10.5. The number of hydrogen-bond acceptors (Lipinski definition) is 10. The molecule has 4 aliphatic rings. The van der Waals surface area contributed by atoms with Gasteiger partial charge in [-0.05, 0) is 87.1 Å². The van der Waals surface area contributed by atoms with Gasteiger partial charge in [0.05, 0.1) is 38.1 Å². The maximum Gasteiger partial charge on any atom is 0.239 e. The first-order valence-electron chi connectivity index (χ1n) is 20.5. The standard InChI is InChI=1S/C44H59FN2O9/c1-3-23-54-44-40(47(19-24-52-25-22-50)43(51)30-15-16-30)28-38(46-55-4-2)35-26-31(11-7-9-20-48)34(13-8-10-21-49)41(42(35)44)36-27-33(17-18-39(36)56-44)53-29-32-12-5-6-14-37(32)45/h3,5-6,12,14,17-18,26-27,30-31,34,40-42,48-50H,1,4,7-11,13,15-16,19-25,28-29H2,2H3. The van der Waals surface area contributed by atoms with Gasteiger partial charge in [-0.3, -0.25) is 4.79 Å². The van der Waals surface area contributed by atoms with Crippen molar-refractivity contribution in [3.63, 3.8) is 0 Å². The van der Waals surface area contributed by atoms with Crippen LogP contribution in [-0.4, -0.2) is 96.5 Å². The van der Waals surface area contributed by atoms with E-state index in [4.69, 9.17) is 28.9 Å². The Labute approximate surface area is 330 Å². The number of carbonyl (C=O) groups is 1. The lowest BCUT2D eigenvalue weighted by atomic mass is 9.55. The number of ether oxygens (including phenoxy) is 4. The molecular weight excluding hydrogens is 719 g/mol. The van der Waals surface area contributed by atoms with Gasteiger partial charge in [0, 0.05) is 49.1 Å². The molecule has 6 rings (SSSR count). The highest BCUT2D eigenvalue weighted by Crippen LogP contribution is 2.62. The summed E-state index contributed by atoms with van der Waals surface area (Å²) < 4.78 is 40.9. The zero-order chi connectivity index (χ0) is 39.5. The summed E-state index contributed by atoms with van der Waals surface area (Å²) in [4.78, 5) is 22.1. The molecule has 3 aliphatic carbocycles. The van der Waals surface area contributed by atoms with E-state index >= 15 is 0 Å². The van der Waals surface area contributed by atoms with Gasteiger partial charge in [0.2, 0.25) is 11.7 Å². The van der Waals surface area contributed by atoms with Gasteiger partial charge in [-0.15, -0.1) is 6.58 Å². The third-order valence-electron chi connectivity index (χ3n) is 11.6. The van der Waals surface area contributed by atoms with Crippen LogP contribution in [0.2, 0.25) is 0 Å². The highest BCUT2D eigenvalue weighted by molar-refractivity contribution is 6.03. The number of oxime groups is 1. The molecule has 3 N–H and O–H groups in total. The lowest BCUT2D eigenvalue weighted by Gasteiger charge is -2.60. The molecule has 1 heterocycles. The van der Waals surface area contributed by atoms with Gasteiger partial charge < -0.3 is 44.0 Å². The number of allylic oxidation sites excluding steroid dienone is 1. The number of carbonyl (C=O) groups excluding carboxylic acids is 1. The number of fused-ring (bicyclic) bond motifs is 2. The largest absolute Gasteiger partial charge is 0.489 e. The summed E-state index contributed by atoms with van der Waals surface area (Å²) in [7, 11) is 0. The summed E-state index contributed by atoms with van der Waals surface area (Å²) in [5.41, 5.74) is 3.06. The van der Waals surface area contributed by atoms with Crippen LogP contribution in [0.1, 0.15) is 81.8 Å². The Morgan fingerprint density at radius 1 is 1.05 bits per heavy atom. The van der Waals surface area contributed by atoms with Crippen LogP contribution >= 0.6 is 0 Å². The molecule has 6 unspecified atom stereocenters. The first-order valence-corrected chi connectivity index (χ1v) is 20.5. The zero-order valence-electron chi connectivity index (χ0n) is 32.7. The molecule has 56 heavy (non-hydrogen) atoms. The summed E-state index contributed by atoms with van der Waals surface area (Å²) in [5.74, 6) is -1.15. The molecule has 1 amide bonds. The average molecular weight is 779 g/mol. The Morgan fingerprint density at radius 2 is 1.84 bits per heavy atom. The van der Waals surface area contributed by atoms with Crippen molar-refractivity contribution in [2.75, 3.05) is 52.8 Å². The van der Waals surface area contributed by atoms with Crippen LogP contribution in [0.5, 0.6) is 11.5 Å². The summed E-state index contributed by atoms with van der Waals surface area (Å²) in [5, 5.41) is 33.9. The second-order valence-electron chi connectivity index (χ2n) is 15.2. The molecule has 306 valence electrons. The first-order chi connectivity index (χ1) is 27.4. The van der Waals surface area contributed by atoms with Crippen LogP contribution in [0.4, 0.5) is 4.39 Å². The Bertz CT molecular complexity index is 1680. The second kappa shape index (κ2) is 20.1. The third-order valence-corrected chi connectivity index (χ3v) is 11.6. The van der Waals surface area contributed by atoms with Gasteiger partial charge in [0.25, 0.3) is 0 Å². The predicted molar refractivity (Wildman–Crippen MR) is 210 cm³/mol. The van der Waals surface area contributed by atoms with Crippen molar-refractivity contribution >= 4 is 11.6 Å². The smallest absolute Gasteiger partial charge is 0.239 e. The molecule has 0 saturated heterocycles. The number of hydrogen-bond donors (Lipinski definition) is 3. The second-order valence-corrected chi connectivity index (χ2v) is 15.2. The fourth-order valence-electron chi connectivity index (χ4n) is 8.97. The fraction of sp³-hybridized carbons (Fsp3) is 0.591. The van der Waals surface area contributed by atoms with E-state index in [2.05, 4.69) is 12.7 Å². The monoisotopic (exact) mass is 778 g/mol. The molecule has 0 aromatic heterocycles. The molecule has 2 aromatic carbocycles. The molecule has 2 fully saturated rings. The van der Waals surface area contributed by atoms with E-state index in [1.165, 1.54) is 6.07 Å². The van der Waals surface area contributed by atoms with E-state index in [0.717, 1.165) is 55.4 Å². The average Bonchev–Trinajstić information content (AvgIpc) is 4.06. The van der Waals surface area contributed by atoms with Gasteiger partial charge in [-0.25, -0.2) is 4.39 Å². The lowest BCUT2D eigenvalue weighted by molar-refractivity contribution is -0.258. The number of amides is 1. The quantitative estimate of drug-likeness (QED) is 0.0674. The fourth-order valence-corrected chi connectivity index (χ4v) is 8.97. The minimum Gasteiger partial charge on any atom is -0.489 e. The van der Waals surface area contributed by atoms with Crippen LogP contribution in [0.25, 0.3) is 0 Å². The molecule has 6 atom stereocenters. The van der Waals surface area contributed by atoms with E-state index in [9.17, 15) is 24.5 Å². The minimum atomic E-state index is -1.37. The number of aliphatic hydroxyl groups is 3. The third kappa shape index (κ3) is 9.31. The summed E-state index contributed by atoms with van der Waals surface area (Å²) in [6.45, 7) is 7.15. The van der Waals surface area contributed by atoms with Crippen molar-refractivity contribution in [2.24, 2.45) is 28.8 Å². The van der Waals surface area contributed by atoms with Crippen LogP contribution in [0.3, 0.4) is 0 Å². The highest BCUT2D eigenvalue weighted by Gasteiger charge is 2.65. The molecule has 0 radical (unpaired) electrons. The maximum atomic E-state index is 14.7. The van der Waals surface area contributed by atoms with E-state index in [-0.39, 0.29) is 88.2 Å². The number of halogens is 1. The predicted octanol–water partition coefficient (Wildman–Crippen LogP) is 6.31. The molecule has 12 heteroatoms. The SMILES string of the molecule is C=CCOC12Oc3ccc(OCc4ccccc4F)cc3C3C(CCCCO)C(CCCCO)C=C(C(=NOCC)CC1N(CCOCCO)C(=O)C1CC1)C32. The van der Waals surface area contributed by atoms with Crippen molar-refractivity contribution < 1.29 is 48.3 Å². The normalized spacial score (nSPS) is 25.8. The number of aliphatic hydroxyl groups excluding tert-OH is 3. The maximum absolute atomic E-state index is 14.7. The van der Waals surface area contributed by atoms with Gasteiger partial charge in [0.15, 0.2) is 0 Å². The molecule has 0 bridgehead atoms. The molecule has 2 aromatic rings. The van der Waals surface area contributed by atoms with Crippen molar-refractivity contribution in [2.45, 2.75) is 89.1 Å². The number of rotatable bonds is 23. The van der Waals surface area contributed by atoms with Crippen molar-refractivity contribution in [3.05, 3.63) is 83.7 Å². The molecule has 1 aliphatic heterocycles. The molecular formula is C44H59FN2O9. The van der Waals surface area contributed by atoms with E-state index in [0.29, 0.717) is 42.9 Å². The van der Waals surface area contributed by atoms with Gasteiger partial charge in [-0.2, -0.15) is 0 Å². The van der Waals surface area contributed by atoms with E-state index in [1.807, 2.05) is 30.0 Å². The first kappa shape index (κ1) is 41.8. The minimum absolute atomic E-state index is 0.00684.